The second-order valence-corrected chi connectivity index (χ2v) is 6.86. The summed E-state index contributed by atoms with van der Waals surface area (Å²) in [6.07, 6.45) is 0.234. The van der Waals surface area contributed by atoms with Gasteiger partial charge in [0.15, 0.2) is 5.58 Å². The van der Waals surface area contributed by atoms with Gasteiger partial charge in [-0.15, -0.1) is 0 Å². The molecule has 0 N–H and O–H groups in total. The molecule has 1 heterocycles. The van der Waals surface area contributed by atoms with E-state index >= 15 is 0 Å². The molecule has 1 amide bonds. The molecule has 0 aliphatic carbocycles. The van der Waals surface area contributed by atoms with Gasteiger partial charge in [-0.1, -0.05) is 35.9 Å². The van der Waals surface area contributed by atoms with Crippen LogP contribution in [0.1, 0.15) is 5.56 Å². The van der Waals surface area contributed by atoms with Crippen molar-refractivity contribution < 1.29 is 18.3 Å². The molecule has 0 unspecified atom stereocenters. The summed E-state index contributed by atoms with van der Waals surface area (Å²) in [4.78, 5) is 18.0. The van der Waals surface area contributed by atoms with Crippen LogP contribution in [0.2, 0.25) is 5.02 Å². The monoisotopic (exact) mass is 410 g/mol. The van der Waals surface area contributed by atoms with Crippen molar-refractivity contribution in [2.45, 2.75) is 6.42 Å². The van der Waals surface area contributed by atoms with Crippen LogP contribution in [0.5, 0.6) is 11.8 Å². The van der Waals surface area contributed by atoms with E-state index < -0.39 is 5.82 Å². The number of likely N-dealkylation sites (N-methyl/N-ethyl adjacent to an activating group) is 1. The Balaban J connectivity index is 1.43. The summed E-state index contributed by atoms with van der Waals surface area (Å²) in [6.45, 7) is 0. The SMILES string of the molecule is CN(C(=O)Cc1ccc(Oc2nc3ccc(Cl)cc3o2)cc1)c1ccccc1F. The second-order valence-electron chi connectivity index (χ2n) is 6.42. The van der Waals surface area contributed by atoms with Crippen molar-refractivity contribution in [2.75, 3.05) is 11.9 Å². The zero-order chi connectivity index (χ0) is 20.4. The summed E-state index contributed by atoms with van der Waals surface area (Å²) >= 11 is 5.94. The standard InChI is InChI=1S/C22H16ClFN2O3/c1-26(19-5-3-2-4-17(19)24)21(27)12-14-6-9-16(10-7-14)28-22-25-18-11-8-15(23)13-20(18)29-22/h2-11,13H,12H2,1H3. The first kappa shape index (κ1) is 19.0. The van der Waals surface area contributed by atoms with Gasteiger partial charge in [0.2, 0.25) is 5.91 Å². The zero-order valence-electron chi connectivity index (χ0n) is 15.4. The minimum absolute atomic E-state index is 0.102. The summed E-state index contributed by atoms with van der Waals surface area (Å²) in [6, 6.07) is 18.3. The van der Waals surface area contributed by atoms with Crippen LogP contribution < -0.4 is 9.64 Å². The molecule has 29 heavy (non-hydrogen) atoms. The van der Waals surface area contributed by atoms with Gasteiger partial charge >= 0.3 is 6.08 Å². The Labute approximate surface area is 171 Å². The maximum absolute atomic E-state index is 13.9. The first-order valence-corrected chi connectivity index (χ1v) is 9.21. The van der Waals surface area contributed by atoms with Crippen molar-refractivity contribution in [1.82, 2.24) is 4.98 Å². The lowest BCUT2D eigenvalue weighted by Gasteiger charge is -2.18. The summed E-state index contributed by atoms with van der Waals surface area (Å²) < 4.78 is 25.0. The molecule has 0 aliphatic heterocycles. The number of aromatic nitrogens is 1. The van der Waals surface area contributed by atoms with Gasteiger partial charge in [-0.2, -0.15) is 4.98 Å². The minimum atomic E-state index is -0.438. The number of carbonyl (C=O) groups is 1. The highest BCUT2D eigenvalue weighted by Gasteiger charge is 2.15. The summed E-state index contributed by atoms with van der Waals surface area (Å²) in [5.41, 5.74) is 2.19. The van der Waals surface area contributed by atoms with E-state index in [2.05, 4.69) is 4.98 Å². The lowest BCUT2D eigenvalue weighted by atomic mass is 10.1. The van der Waals surface area contributed by atoms with E-state index in [4.69, 9.17) is 20.8 Å². The predicted octanol–water partition coefficient (Wildman–Crippen LogP) is 5.62. The largest absolute Gasteiger partial charge is 0.411 e. The molecule has 0 radical (unpaired) electrons. The molecular weight excluding hydrogens is 395 g/mol. The first-order chi connectivity index (χ1) is 14.0. The molecule has 0 spiro atoms. The van der Waals surface area contributed by atoms with Crippen LogP contribution in [0.3, 0.4) is 0 Å². The molecular formula is C22H16ClFN2O3. The van der Waals surface area contributed by atoms with Gasteiger partial charge in [-0.05, 0) is 42.0 Å². The van der Waals surface area contributed by atoms with Gasteiger partial charge in [0, 0.05) is 18.1 Å². The number of amides is 1. The third kappa shape index (κ3) is 4.22. The Hall–Kier alpha value is -3.38. The molecule has 4 aromatic rings. The molecule has 0 fully saturated rings. The number of hydrogen-bond acceptors (Lipinski definition) is 4. The quantitative estimate of drug-likeness (QED) is 0.428. The summed E-state index contributed by atoms with van der Waals surface area (Å²) in [7, 11) is 1.55. The van der Waals surface area contributed by atoms with Crippen molar-refractivity contribution in [3.8, 4) is 11.8 Å². The van der Waals surface area contributed by atoms with Crippen LogP contribution in [-0.4, -0.2) is 17.9 Å². The van der Waals surface area contributed by atoms with Gasteiger partial charge < -0.3 is 14.1 Å². The fourth-order valence-electron chi connectivity index (χ4n) is 2.85. The number of hydrogen-bond donors (Lipinski definition) is 0. The molecule has 0 bridgehead atoms. The molecule has 7 heteroatoms. The number of oxazole rings is 1. The lowest BCUT2D eigenvalue weighted by Crippen LogP contribution is -2.28. The van der Waals surface area contributed by atoms with Crippen molar-refractivity contribution in [2.24, 2.45) is 0 Å². The highest BCUT2D eigenvalue weighted by atomic mass is 35.5. The van der Waals surface area contributed by atoms with Crippen molar-refractivity contribution in [3.05, 3.63) is 83.1 Å². The number of halogens is 2. The molecule has 1 aromatic heterocycles. The van der Waals surface area contributed by atoms with Gasteiger partial charge in [-0.25, -0.2) is 4.39 Å². The Bertz CT molecular complexity index is 1170. The Morgan fingerprint density at radius 2 is 1.90 bits per heavy atom. The number of carbonyl (C=O) groups excluding carboxylic acids is 1. The Morgan fingerprint density at radius 3 is 2.66 bits per heavy atom. The van der Waals surface area contributed by atoms with Crippen LogP contribution in [-0.2, 0) is 11.2 Å². The van der Waals surface area contributed by atoms with E-state index in [0.29, 0.717) is 21.9 Å². The molecule has 5 nitrogen and oxygen atoms in total. The second kappa shape index (κ2) is 7.93. The highest BCUT2D eigenvalue weighted by molar-refractivity contribution is 6.31. The van der Waals surface area contributed by atoms with E-state index in [9.17, 15) is 9.18 Å². The third-order valence-electron chi connectivity index (χ3n) is 4.40. The normalized spacial score (nSPS) is 10.9. The van der Waals surface area contributed by atoms with Crippen LogP contribution in [0.4, 0.5) is 10.1 Å². The molecule has 146 valence electrons. The average molecular weight is 411 g/mol. The maximum Gasteiger partial charge on any atom is 0.400 e. The minimum Gasteiger partial charge on any atom is -0.411 e. The summed E-state index contributed by atoms with van der Waals surface area (Å²) in [5.74, 6) is -0.146. The first-order valence-electron chi connectivity index (χ1n) is 8.83. The van der Waals surface area contributed by atoms with Crippen molar-refractivity contribution in [1.29, 1.82) is 0 Å². The van der Waals surface area contributed by atoms with Crippen LogP contribution in [0.15, 0.2) is 71.1 Å². The van der Waals surface area contributed by atoms with Crippen molar-refractivity contribution >= 4 is 34.3 Å². The predicted molar refractivity (Wildman–Crippen MR) is 109 cm³/mol. The maximum atomic E-state index is 13.9. The van der Waals surface area contributed by atoms with Gasteiger partial charge in [-0.3, -0.25) is 4.79 Å². The number of nitrogens with zero attached hydrogens (tertiary/aromatic N) is 2. The zero-order valence-corrected chi connectivity index (χ0v) is 16.2. The van der Waals surface area contributed by atoms with Gasteiger partial charge in [0.1, 0.15) is 17.1 Å². The fourth-order valence-corrected chi connectivity index (χ4v) is 3.01. The number of anilines is 1. The summed E-state index contributed by atoms with van der Waals surface area (Å²) in [5, 5.41) is 0.551. The smallest absolute Gasteiger partial charge is 0.400 e. The fraction of sp³-hybridized carbons (Fsp3) is 0.0909. The van der Waals surface area contributed by atoms with E-state index in [-0.39, 0.29) is 24.1 Å². The number of fused-ring (bicyclic) bond motifs is 1. The number of ether oxygens (including phenoxy) is 1. The van der Waals surface area contributed by atoms with E-state index in [1.165, 1.54) is 11.0 Å². The van der Waals surface area contributed by atoms with Gasteiger partial charge in [0.25, 0.3) is 0 Å². The molecule has 0 saturated heterocycles. The lowest BCUT2D eigenvalue weighted by molar-refractivity contribution is -0.117. The molecule has 0 atom stereocenters. The van der Waals surface area contributed by atoms with E-state index in [1.54, 1.807) is 67.7 Å². The Morgan fingerprint density at radius 1 is 1.14 bits per heavy atom. The Kier molecular flexibility index (Phi) is 5.18. The van der Waals surface area contributed by atoms with Crippen LogP contribution in [0, 0.1) is 5.82 Å². The van der Waals surface area contributed by atoms with E-state index in [0.717, 1.165) is 5.56 Å². The van der Waals surface area contributed by atoms with Crippen molar-refractivity contribution in [3.63, 3.8) is 0 Å². The van der Waals surface area contributed by atoms with Crippen LogP contribution in [0.25, 0.3) is 11.1 Å². The van der Waals surface area contributed by atoms with Gasteiger partial charge in [0.05, 0.1) is 12.1 Å². The van der Waals surface area contributed by atoms with Crippen LogP contribution >= 0.6 is 11.6 Å². The molecule has 0 saturated carbocycles. The molecule has 4 rings (SSSR count). The number of para-hydroxylation sites is 1. The van der Waals surface area contributed by atoms with E-state index in [1.807, 2.05) is 0 Å². The highest BCUT2D eigenvalue weighted by Crippen LogP contribution is 2.27. The topological polar surface area (TPSA) is 55.6 Å². The molecule has 0 aliphatic rings. The number of rotatable bonds is 5. The number of benzene rings is 3. The molecule has 3 aromatic carbocycles. The average Bonchev–Trinajstić information content (AvgIpc) is 3.10. The third-order valence-corrected chi connectivity index (χ3v) is 4.64.